The van der Waals surface area contributed by atoms with Gasteiger partial charge in [-0.2, -0.15) is 0 Å². The Balaban J connectivity index is 0.000000605. The number of fused-ring (bicyclic) bond motifs is 1. The van der Waals surface area contributed by atoms with Gasteiger partial charge in [0.05, 0.1) is 0 Å². The lowest BCUT2D eigenvalue weighted by Crippen LogP contribution is -2.04. The van der Waals surface area contributed by atoms with Gasteiger partial charge >= 0.3 is 0 Å². The van der Waals surface area contributed by atoms with Crippen LogP contribution in [-0.4, -0.2) is 4.98 Å². The Morgan fingerprint density at radius 3 is 3.09 bits per heavy atom. The maximum Gasteiger partial charge on any atom is 0.0318 e. The summed E-state index contributed by atoms with van der Waals surface area (Å²) >= 11 is 0. The molecule has 11 heavy (non-hydrogen) atoms. The normalized spacial score (nSPS) is 20.6. The molecule has 0 saturated carbocycles. The van der Waals surface area contributed by atoms with Crippen LogP contribution in [0, 0.1) is 0 Å². The summed E-state index contributed by atoms with van der Waals surface area (Å²) in [6, 6.07) is 2.30. The van der Waals surface area contributed by atoms with Crippen molar-refractivity contribution in [2.75, 3.05) is 0 Å². The van der Waals surface area contributed by atoms with Crippen molar-refractivity contribution in [1.29, 1.82) is 0 Å². The van der Waals surface area contributed by atoms with Crippen LogP contribution in [0.5, 0.6) is 0 Å². The molecule has 3 heteroatoms. The van der Waals surface area contributed by atoms with Crippen molar-refractivity contribution < 1.29 is 0 Å². The van der Waals surface area contributed by atoms with E-state index in [4.69, 9.17) is 5.73 Å². The summed E-state index contributed by atoms with van der Waals surface area (Å²) in [7, 11) is 0. The van der Waals surface area contributed by atoms with E-state index in [1.807, 2.05) is 12.4 Å². The van der Waals surface area contributed by atoms with E-state index in [9.17, 15) is 0 Å². The predicted octanol–water partition coefficient (Wildman–Crippen LogP) is 1.45. The van der Waals surface area contributed by atoms with Gasteiger partial charge in [0.2, 0.25) is 0 Å². The first-order chi connectivity index (χ1) is 4.88. The summed E-state index contributed by atoms with van der Waals surface area (Å²) in [4.78, 5) is 4.03. The summed E-state index contributed by atoms with van der Waals surface area (Å²) in [5.74, 6) is 0. The fourth-order valence-electron chi connectivity index (χ4n) is 1.46. The van der Waals surface area contributed by atoms with Crippen LogP contribution < -0.4 is 5.73 Å². The molecule has 1 heterocycles. The molecule has 0 saturated heterocycles. The summed E-state index contributed by atoms with van der Waals surface area (Å²) in [5, 5.41) is 0. The van der Waals surface area contributed by atoms with Crippen LogP contribution in [0.4, 0.5) is 0 Å². The van der Waals surface area contributed by atoms with Crippen LogP contribution >= 0.6 is 12.4 Å². The molecule has 1 aliphatic rings. The molecule has 0 amide bonds. The molecule has 0 aromatic carbocycles. The van der Waals surface area contributed by atoms with Gasteiger partial charge in [0, 0.05) is 18.4 Å². The third-order valence-corrected chi connectivity index (χ3v) is 2.07. The van der Waals surface area contributed by atoms with Gasteiger partial charge in [-0.15, -0.1) is 12.4 Å². The third-order valence-electron chi connectivity index (χ3n) is 2.07. The standard InChI is InChI=1S/C8H10N2.ClH/c9-8-2-1-6-3-4-10-5-7(6)8;/h3-5,8H,1-2,9H2;1H/t8-;/m1./s1. The molecule has 2 rings (SSSR count). The molecule has 1 aliphatic carbocycles. The number of nitrogens with zero attached hydrogens (tertiary/aromatic N) is 1. The second-order valence-corrected chi connectivity index (χ2v) is 2.72. The molecule has 0 spiro atoms. The van der Waals surface area contributed by atoms with Crippen molar-refractivity contribution in [2.45, 2.75) is 18.9 Å². The molecule has 2 N–H and O–H groups in total. The molecular weight excluding hydrogens is 160 g/mol. The third kappa shape index (κ3) is 1.37. The quantitative estimate of drug-likeness (QED) is 0.640. The average molecular weight is 171 g/mol. The second-order valence-electron chi connectivity index (χ2n) is 2.72. The van der Waals surface area contributed by atoms with Gasteiger partial charge in [0.25, 0.3) is 0 Å². The van der Waals surface area contributed by atoms with Gasteiger partial charge in [0.1, 0.15) is 0 Å². The van der Waals surface area contributed by atoms with Crippen LogP contribution in [0.3, 0.4) is 0 Å². The Labute approximate surface area is 72.2 Å². The molecule has 1 aromatic rings. The first-order valence-electron chi connectivity index (χ1n) is 3.56. The largest absolute Gasteiger partial charge is 0.324 e. The molecule has 60 valence electrons. The fraction of sp³-hybridized carbons (Fsp3) is 0.375. The highest BCUT2D eigenvalue weighted by Gasteiger charge is 2.17. The van der Waals surface area contributed by atoms with Crippen molar-refractivity contribution in [1.82, 2.24) is 4.98 Å². The molecular formula is C8H11ClN2. The minimum absolute atomic E-state index is 0. The zero-order chi connectivity index (χ0) is 6.97. The minimum Gasteiger partial charge on any atom is -0.324 e. The number of pyridine rings is 1. The van der Waals surface area contributed by atoms with E-state index in [0.717, 1.165) is 12.8 Å². The molecule has 0 unspecified atom stereocenters. The zero-order valence-corrected chi connectivity index (χ0v) is 6.97. The van der Waals surface area contributed by atoms with Crippen LogP contribution in [0.25, 0.3) is 0 Å². The van der Waals surface area contributed by atoms with Crippen molar-refractivity contribution in [3.63, 3.8) is 0 Å². The topological polar surface area (TPSA) is 38.9 Å². The predicted molar refractivity (Wildman–Crippen MR) is 46.7 cm³/mol. The number of rotatable bonds is 0. The Hall–Kier alpha value is -0.600. The molecule has 0 bridgehead atoms. The fourth-order valence-corrected chi connectivity index (χ4v) is 1.46. The zero-order valence-electron chi connectivity index (χ0n) is 6.16. The van der Waals surface area contributed by atoms with Crippen molar-refractivity contribution in [3.05, 3.63) is 29.6 Å². The Kier molecular flexibility index (Phi) is 2.47. The minimum atomic E-state index is 0. The Morgan fingerprint density at radius 1 is 1.55 bits per heavy atom. The maximum absolute atomic E-state index is 5.81. The van der Waals surface area contributed by atoms with Gasteiger partial charge in [-0.3, -0.25) is 4.98 Å². The number of hydrogen-bond donors (Lipinski definition) is 1. The highest BCUT2D eigenvalue weighted by Crippen LogP contribution is 2.27. The lowest BCUT2D eigenvalue weighted by atomic mass is 10.1. The van der Waals surface area contributed by atoms with Crippen LogP contribution in [-0.2, 0) is 6.42 Å². The molecule has 0 fully saturated rings. The van der Waals surface area contributed by atoms with E-state index in [0.29, 0.717) is 0 Å². The van der Waals surface area contributed by atoms with E-state index < -0.39 is 0 Å². The van der Waals surface area contributed by atoms with Gasteiger partial charge in [0.15, 0.2) is 0 Å². The SMILES string of the molecule is Cl.N[C@@H]1CCc2ccncc21. The number of hydrogen-bond acceptors (Lipinski definition) is 2. The van der Waals surface area contributed by atoms with E-state index in [1.54, 1.807) is 0 Å². The molecule has 2 nitrogen and oxygen atoms in total. The average Bonchev–Trinajstić information content (AvgIpc) is 2.34. The van der Waals surface area contributed by atoms with Crippen molar-refractivity contribution in [3.8, 4) is 0 Å². The molecule has 0 aliphatic heterocycles. The smallest absolute Gasteiger partial charge is 0.0318 e. The van der Waals surface area contributed by atoms with Gasteiger partial charge in [-0.05, 0) is 30.0 Å². The first kappa shape index (κ1) is 8.50. The lowest BCUT2D eigenvalue weighted by Gasteiger charge is -2.00. The van der Waals surface area contributed by atoms with Crippen molar-refractivity contribution in [2.24, 2.45) is 5.73 Å². The van der Waals surface area contributed by atoms with E-state index >= 15 is 0 Å². The van der Waals surface area contributed by atoms with Crippen LogP contribution in [0.2, 0.25) is 0 Å². The summed E-state index contributed by atoms with van der Waals surface area (Å²) < 4.78 is 0. The first-order valence-corrected chi connectivity index (χ1v) is 3.56. The van der Waals surface area contributed by atoms with Crippen LogP contribution in [0.1, 0.15) is 23.6 Å². The number of aryl methyl sites for hydroxylation is 1. The van der Waals surface area contributed by atoms with E-state index in [1.165, 1.54) is 11.1 Å². The van der Waals surface area contributed by atoms with Gasteiger partial charge in [-0.25, -0.2) is 0 Å². The summed E-state index contributed by atoms with van der Waals surface area (Å²) in [6.45, 7) is 0. The van der Waals surface area contributed by atoms with Crippen molar-refractivity contribution >= 4 is 12.4 Å². The van der Waals surface area contributed by atoms with Gasteiger partial charge in [-0.1, -0.05) is 0 Å². The number of aromatic nitrogens is 1. The molecule has 0 radical (unpaired) electrons. The number of halogens is 1. The van der Waals surface area contributed by atoms with E-state index in [-0.39, 0.29) is 18.4 Å². The highest BCUT2D eigenvalue weighted by atomic mass is 35.5. The monoisotopic (exact) mass is 170 g/mol. The second kappa shape index (κ2) is 3.20. The highest BCUT2D eigenvalue weighted by molar-refractivity contribution is 5.85. The summed E-state index contributed by atoms with van der Waals surface area (Å²) in [5.41, 5.74) is 8.42. The maximum atomic E-state index is 5.81. The van der Waals surface area contributed by atoms with Gasteiger partial charge < -0.3 is 5.73 Å². The van der Waals surface area contributed by atoms with E-state index in [2.05, 4.69) is 11.1 Å². The lowest BCUT2D eigenvalue weighted by molar-refractivity contribution is 0.712. The Morgan fingerprint density at radius 2 is 2.36 bits per heavy atom. The molecule has 1 aromatic heterocycles. The summed E-state index contributed by atoms with van der Waals surface area (Å²) in [6.07, 6.45) is 5.92. The Bertz CT molecular complexity index is 250. The molecule has 1 atom stereocenters. The number of nitrogens with two attached hydrogens (primary N) is 1. The van der Waals surface area contributed by atoms with Crippen LogP contribution in [0.15, 0.2) is 18.5 Å².